The van der Waals surface area contributed by atoms with Crippen LogP contribution in [-0.4, -0.2) is 40.0 Å². The van der Waals surface area contributed by atoms with Crippen LogP contribution in [0.4, 0.5) is 0 Å². The third-order valence-corrected chi connectivity index (χ3v) is 10.1. The summed E-state index contributed by atoms with van der Waals surface area (Å²) in [6.07, 6.45) is 21.4. The van der Waals surface area contributed by atoms with Gasteiger partial charge in [0.25, 0.3) is 0 Å². The molecule has 2 heteroatoms. The zero-order chi connectivity index (χ0) is 16.2. The molecule has 8 saturated carbocycles. The fourth-order valence-electron chi connectivity index (χ4n) is 10.1. The van der Waals surface area contributed by atoms with Crippen molar-refractivity contribution in [2.75, 3.05) is 13.1 Å². The predicted octanol–water partition coefficient (Wildman–Crippen LogP) is 4.28. The maximum atomic E-state index is 2.91. The van der Waals surface area contributed by atoms with Crippen LogP contribution in [-0.2, 0) is 0 Å². The zero-order valence-electron chi connectivity index (χ0n) is 15.8. The SMILES string of the molecule is C1=[N+](C23CC4CC(CC(C4)C2)C3)CCN1C12CC3CC(CC(C3)C1)C2. The zero-order valence-corrected chi connectivity index (χ0v) is 15.8. The van der Waals surface area contributed by atoms with E-state index in [1.807, 2.05) is 0 Å². The van der Waals surface area contributed by atoms with Crippen LogP contribution < -0.4 is 0 Å². The van der Waals surface area contributed by atoms with E-state index in [2.05, 4.69) is 15.8 Å². The molecule has 2 nitrogen and oxygen atoms in total. The Bertz CT molecular complexity index is 561. The van der Waals surface area contributed by atoms with Crippen molar-refractivity contribution in [3.05, 3.63) is 0 Å². The Labute approximate surface area is 153 Å². The van der Waals surface area contributed by atoms with E-state index in [1.165, 1.54) is 51.6 Å². The Balaban J connectivity index is 1.21. The molecule has 0 atom stereocenters. The van der Waals surface area contributed by atoms with Crippen molar-refractivity contribution >= 4 is 6.34 Å². The lowest BCUT2D eigenvalue weighted by Gasteiger charge is -2.57. The van der Waals surface area contributed by atoms with Crippen LogP contribution in [0.1, 0.15) is 77.0 Å². The van der Waals surface area contributed by atoms with E-state index in [4.69, 9.17) is 0 Å². The highest BCUT2D eigenvalue weighted by molar-refractivity contribution is 5.53. The molecule has 1 aliphatic heterocycles. The van der Waals surface area contributed by atoms with Crippen LogP contribution in [0.15, 0.2) is 0 Å². The second-order valence-electron chi connectivity index (χ2n) is 11.8. The first-order chi connectivity index (χ1) is 12.2. The lowest BCUT2D eigenvalue weighted by Crippen LogP contribution is -2.59. The van der Waals surface area contributed by atoms with Gasteiger partial charge in [0.1, 0.15) is 24.2 Å². The second kappa shape index (κ2) is 4.65. The molecule has 8 aliphatic carbocycles. The van der Waals surface area contributed by atoms with Crippen molar-refractivity contribution in [1.82, 2.24) is 4.90 Å². The molecular formula is C23H35N2+. The van der Waals surface area contributed by atoms with Gasteiger partial charge in [0.05, 0.1) is 0 Å². The largest absolute Gasteiger partial charge is 0.259 e. The van der Waals surface area contributed by atoms with Gasteiger partial charge in [-0.1, -0.05) is 0 Å². The fraction of sp³-hybridized carbons (Fsp3) is 0.957. The Hall–Kier alpha value is -0.530. The molecule has 0 radical (unpaired) electrons. The lowest BCUT2D eigenvalue weighted by atomic mass is 9.52. The van der Waals surface area contributed by atoms with Crippen LogP contribution in [0, 0.1) is 35.5 Å². The molecule has 136 valence electrons. The first-order valence-electron chi connectivity index (χ1n) is 11.6. The van der Waals surface area contributed by atoms with Gasteiger partial charge in [-0.3, -0.25) is 9.48 Å². The summed E-state index contributed by atoms with van der Waals surface area (Å²) < 4.78 is 2.91. The summed E-state index contributed by atoms with van der Waals surface area (Å²) in [5, 5.41) is 0. The highest BCUT2D eigenvalue weighted by Crippen LogP contribution is 2.59. The maximum absolute atomic E-state index is 2.91. The van der Waals surface area contributed by atoms with Gasteiger partial charge in [0.15, 0.2) is 0 Å². The van der Waals surface area contributed by atoms with Gasteiger partial charge in [0.2, 0.25) is 6.34 Å². The summed E-state index contributed by atoms with van der Waals surface area (Å²) in [6.45, 7) is 2.68. The fourth-order valence-corrected chi connectivity index (χ4v) is 10.1. The molecule has 0 spiro atoms. The third-order valence-electron chi connectivity index (χ3n) is 10.1. The van der Waals surface area contributed by atoms with Crippen molar-refractivity contribution < 1.29 is 4.58 Å². The minimum absolute atomic E-state index is 0.589. The van der Waals surface area contributed by atoms with Gasteiger partial charge in [0, 0.05) is 0 Å². The number of rotatable bonds is 2. The molecule has 1 heterocycles. The van der Waals surface area contributed by atoms with E-state index < -0.39 is 0 Å². The molecule has 25 heavy (non-hydrogen) atoms. The molecule has 0 unspecified atom stereocenters. The molecule has 8 fully saturated rings. The third kappa shape index (κ3) is 1.95. The van der Waals surface area contributed by atoms with E-state index in [-0.39, 0.29) is 0 Å². The Morgan fingerprint density at radius 3 is 1.56 bits per heavy atom. The summed E-state index contributed by atoms with van der Waals surface area (Å²) in [4.78, 5) is 2.91. The Morgan fingerprint density at radius 1 is 0.640 bits per heavy atom. The molecule has 9 aliphatic rings. The second-order valence-corrected chi connectivity index (χ2v) is 11.8. The van der Waals surface area contributed by atoms with Crippen molar-refractivity contribution in [2.45, 2.75) is 88.1 Å². The minimum Gasteiger partial charge on any atom is -0.259 e. The van der Waals surface area contributed by atoms with E-state index in [9.17, 15) is 0 Å². The van der Waals surface area contributed by atoms with Crippen molar-refractivity contribution in [3.8, 4) is 0 Å². The van der Waals surface area contributed by atoms with Gasteiger partial charge < -0.3 is 0 Å². The standard InChI is InChI=1S/C23H35N2/c1-2-25(23-12-19-6-20(13-23)8-21(7-19)14-23)15-24(1)22-9-16-3-17(10-22)5-18(4-16)11-22/h15-21H,1-14H2/q+1. The van der Waals surface area contributed by atoms with Gasteiger partial charge in [-0.2, -0.15) is 0 Å². The minimum atomic E-state index is 0.589. The van der Waals surface area contributed by atoms with Crippen molar-refractivity contribution in [1.29, 1.82) is 0 Å². The van der Waals surface area contributed by atoms with Crippen LogP contribution in [0.3, 0.4) is 0 Å². The van der Waals surface area contributed by atoms with E-state index in [0.717, 1.165) is 35.5 Å². The molecule has 0 aromatic rings. The average Bonchev–Trinajstić information content (AvgIpc) is 3.04. The van der Waals surface area contributed by atoms with E-state index in [1.54, 1.807) is 38.5 Å². The molecule has 0 aromatic heterocycles. The first-order valence-corrected chi connectivity index (χ1v) is 11.6. The summed E-state index contributed by atoms with van der Waals surface area (Å²) in [7, 11) is 0. The van der Waals surface area contributed by atoms with Crippen molar-refractivity contribution in [3.63, 3.8) is 0 Å². The summed E-state index contributed by atoms with van der Waals surface area (Å²) in [5.41, 5.74) is 1.18. The topological polar surface area (TPSA) is 6.25 Å². The average molecular weight is 340 g/mol. The molecule has 8 bridgehead atoms. The first kappa shape index (κ1) is 14.5. The number of nitrogens with zero attached hydrogens (tertiary/aromatic N) is 2. The summed E-state index contributed by atoms with van der Waals surface area (Å²) in [6, 6.07) is 0. The Kier molecular flexibility index (Phi) is 2.70. The molecular weight excluding hydrogens is 304 g/mol. The van der Waals surface area contributed by atoms with Crippen LogP contribution >= 0.6 is 0 Å². The normalized spacial score (nSPS) is 58.2. The van der Waals surface area contributed by atoms with Crippen LogP contribution in [0.25, 0.3) is 0 Å². The predicted molar refractivity (Wildman–Crippen MR) is 99.7 cm³/mol. The number of hydrogen-bond acceptors (Lipinski definition) is 1. The van der Waals surface area contributed by atoms with E-state index >= 15 is 0 Å². The van der Waals surface area contributed by atoms with Gasteiger partial charge in [-0.15, -0.1) is 0 Å². The highest BCUT2D eigenvalue weighted by Gasteiger charge is 2.59. The van der Waals surface area contributed by atoms with Crippen LogP contribution in [0.2, 0.25) is 0 Å². The summed E-state index contributed by atoms with van der Waals surface area (Å²) in [5.74, 6) is 6.46. The monoisotopic (exact) mass is 339 g/mol. The quantitative estimate of drug-likeness (QED) is 0.681. The van der Waals surface area contributed by atoms with Gasteiger partial charge in [-0.25, -0.2) is 0 Å². The van der Waals surface area contributed by atoms with Crippen LogP contribution in [0.5, 0.6) is 0 Å². The number of hydrogen-bond donors (Lipinski definition) is 0. The van der Waals surface area contributed by atoms with Gasteiger partial charge >= 0.3 is 0 Å². The summed E-state index contributed by atoms with van der Waals surface area (Å²) >= 11 is 0. The highest BCUT2D eigenvalue weighted by atomic mass is 15.3. The molecule has 0 saturated heterocycles. The molecule has 9 rings (SSSR count). The molecule has 0 N–H and O–H groups in total. The Morgan fingerprint density at radius 2 is 1.08 bits per heavy atom. The lowest BCUT2D eigenvalue weighted by molar-refractivity contribution is -0.614. The van der Waals surface area contributed by atoms with Crippen molar-refractivity contribution in [2.24, 2.45) is 35.5 Å². The molecule has 0 amide bonds. The maximum Gasteiger partial charge on any atom is 0.235 e. The molecule has 0 aromatic carbocycles. The van der Waals surface area contributed by atoms with E-state index in [0.29, 0.717) is 11.1 Å². The van der Waals surface area contributed by atoms with Gasteiger partial charge in [-0.05, 0) is 113 Å². The smallest absolute Gasteiger partial charge is 0.235 e.